The summed E-state index contributed by atoms with van der Waals surface area (Å²) >= 11 is 6.04. The van der Waals surface area contributed by atoms with E-state index in [-0.39, 0.29) is 12.0 Å². The van der Waals surface area contributed by atoms with Crippen LogP contribution in [0.3, 0.4) is 0 Å². The van der Waals surface area contributed by atoms with Gasteiger partial charge >= 0.3 is 0 Å². The predicted molar refractivity (Wildman–Crippen MR) is 90.3 cm³/mol. The number of hydrogen-bond acceptors (Lipinski definition) is 3. The maximum atomic E-state index is 12.3. The van der Waals surface area contributed by atoms with Gasteiger partial charge in [-0.05, 0) is 43.2 Å². The number of anilines is 1. The second-order valence-electron chi connectivity index (χ2n) is 5.41. The minimum absolute atomic E-state index is 0.114. The molecule has 1 heterocycles. The average Bonchev–Trinajstić information content (AvgIpc) is 3.08. The van der Waals surface area contributed by atoms with Crippen LogP contribution < -0.4 is 10.1 Å². The minimum Gasteiger partial charge on any atom is -0.489 e. The van der Waals surface area contributed by atoms with E-state index in [2.05, 4.69) is 5.32 Å². The number of amides is 1. The highest BCUT2D eigenvalue weighted by molar-refractivity contribution is 6.31. The molecule has 3 rings (SSSR count). The average molecular weight is 332 g/mol. The van der Waals surface area contributed by atoms with E-state index >= 15 is 0 Å². The van der Waals surface area contributed by atoms with Gasteiger partial charge < -0.3 is 14.8 Å². The van der Waals surface area contributed by atoms with Crippen molar-refractivity contribution in [2.24, 2.45) is 0 Å². The molecule has 120 valence electrons. The zero-order chi connectivity index (χ0) is 16.1. The van der Waals surface area contributed by atoms with E-state index < -0.39 is 0 Å². The summed E-state index contributed by atoms with van der Waals surface area (Å²) in [6, 6.07) is 14.2. The van der Waals surface area contributed by atoms with Crippen LogP contribution in [0.4, 0.5) is 5.69 Å². The van der Waals surface area contributed by atoms with E-state index in [1.165, 1.54) is 0 Å². The number of carbonyl (C=O) groups is 1. The van der Waals surface area contributed by atoms with Gasteiger partial charge in [0.25, 0.3) is 5.91 Å². The number of halogens is 1. The molecular weight excluding hydrogens is 314 g/mol. The molecule has 0 spiro atoms. The SMILES string of the molecule is O=C(Nc1cc(Cl)ccc1OCC1CCCO1)c1ccccc1. The van der Waals surface area contributed by atoms with Crippen molar-refractivity contribution in [2.75, 3.05) is 18.5 Å². The first-order valence-corrected chi connectivity index (χ1v) is 8.00. The lowest BCUT2D eigenvalue weighted by molar-refractivity contribution is 0.0682. The van der Waals surface area contributed by atoms with Crippen LogP contribution in [0.1, 0.15) is 23.2 Å². The first-order valence-electron chi connectivity index (χ1n) is 7.63. The number of carbonyl (C=O) groups excluding carboxylic acids is 1. The lowest BCUT2D eigenvalue weighted by Gasteiger charge is -2.15. The largest absolute Gasteiger partial charge is 0.489 e. The van der Waals surface area contributed by atoms with Crippen LogP contribution in [0.2, 0.25) is 5.02 Å². The van der Waals surface area contributed by atoms with E-state index in [0.29, 0.717) is 28.6 Å². The predicted octanol–water partition coefficient (Wildman–Crippen LogP) is 4.15. The number of ether oxygens (including phenoxy) is 2. The Bertz CT molecular complexity index is 669. The molecule has 1 unspecified atom stereocenters. The molecule has 4 nitrogen and oxygen atoms in total. The van der Waals surface area contributed by atoms with E-state index in [1.807, 2.05) is 18.2 Å². The van der Waals surface area contributed by atoms with Gasteiger partial charge in [0, 0.05) is 17.2 Å². The molecule has 1 atom stereocenters. The van der Waals surface area contributed by atoms with Crippen molar-refractivity contribution >= 4 is 23.2 Å². The van der Waals surface area contributed by atoms with Gasteiger partial charge in [-0.25, -0.2) is 0 Å². The first kappa shape index (κ1) is 15.8. The van der Waals surface area contributed by atoms with Crippen molar-refractivity contribution in [3.63, 3.8) is 0 Å². The molecule has 0 saturated carbocycles. The van der Waals surface area contributed by atoms with Gasteiger partial charge in [0.05, 0.1) is 11.8 Å². The lowest BCUT2D eigenvalue weighted by atomic mass is 10.2. The molecule has 1 N–H and O–H groups in total. The van der Waals surface area contributed by atoms with Gasteiger partial charge in [0.15, 0.2) is 0 Å². The molecule has 1 aliphatic rings. The Balaban J connectivity index is 1.72. The molecule has 2 aromatic carbocycles. The summed E-state index contributed by atoms with van der Waals surface area (Å²) < 4.78 is 11.4. The lowest BCUT2D eigenvalue weighted by Crippen LogP contribution is -2.18. The Morgan fingerprint density at radius 3 is 2.83 bits per heavy atom. The topological polar surface area (TPSA) is 47.6 Å². The van der Waals surface area contributed by atoms with Gasteiger partial charge in [0.2, 0.25) is 0 Å². The van der Waals surface area contributed by atoms with Crippen molar-refractivity contribution in [2.45, 2.75) is 18.9 Å². The standard InChI is InChI=1S/C18H18ClNO3/c19-14-8-9-17(23-12-15-7-4-10-22-15)16(11-14)20-18(21)13-5-2-1-3-6-13/h1-3,5-6,8-9,11,15H,4,7,10,12H2,(H,20,21). The maximum Gasteiger partial charge on any atom is 0.255 e. The number of hydrogen-bond donors (Lipinski definition) is 1. The second-order valence-corrected chi connectivity index (χ2v) is 5.84. The first-order chi connectivity index (χ1) is 11.2. The van der Waals surface area contributed by atoms with Crippen LogP contribution in [-0.4, -0.2) is 25.2 Å². The molecule has 2 aromatic rings. The summed E-state index contributed by atoms with van der Waals surface area (Å²) in [6.07, 6.45) is 2.18. The molecule has 0 aliphatic carbocycles. The molecular formula is C18H18ClNO3. The highest BCUT2D eigenvalue weighted by atomic mass is 35.5. The van der Waals surface area contributed by atoms with Crippen LogP contribution in [0.25, 0.3) is 0 Å². The van der Waals surface area contributed by atoms with Gasteiger partial charge in [-0.2, -0.15) is 0 Å². The van der Waals surface area contributed by atoms with Crippen molar-refractivity contribution < 1.29 is 14.3 Å². The molecule has 0 bridgehead atoms. The summed E-state index contributed by atoms with van der Waals surface area (Å²) in [6.45, 7) is 1.25. The number of nitrogens with one attached hydrogen (secondary N) is 1. The van der Waals surface area contributed by atoms with Crippen LogP contribution in [0.5, 0.6) is 5.75 Å². The highest BCUT2D eigenvalue weighted by Crippen LogP contribution is 2.29. The molecule has 0 radical (unpaired) electrons. The van der Waals surface area contributed by atoms with E-state index in [4.69, 9.17) is 21.1 Å². The summed E-state index contributed by atoms with van der Waals surface area (Å²) in [5.74, 6) is 0.393. The third-order valence-electron chi connectivity index (χ3n) is 3.67. The summed E-state index contributed by atoms with van der Waals surface area (Å²) in [4.78, 5) is 12.3. The third kappa shape index (κ3) is 4.24. The zero-order valence-corrected chi connectivity index (χ0v) is 13.4. The summed E-state index contributed by atoms with van der Waals surface area (Å²) in [5, 5.41) is 3.39. The summed E-state index contributed by atoms with van der Waals surface area (Å²) in [5.41, 5.74) is 1.14. The van der Waals surface area contributed by atoms with E-state index in [0.717, 1.165) is 19.4 Å². The van der Waals surface area contributed by atoms with Crippen molar-refractivity contribution in [1.29, 1.82) is 0 Å². The van der Waals surface area contributed by atoms with Gasteiger partial charge in [0.1, 0.15) is 12.4 Å². The zero-order valence-electron chi connectivity index (χ0n) is 12.6. The smallest absolute Gasteiger partial charge is 0.255 e. The molecule has 1 aliphatic heterocycles. The van der Waals surface area contributed by atoms with Gasteiger partial charge in [-0.3, -0.25) is 4.79 Å². The normalized spacial score (nSPS) is 17.0. The highest BCUT2D eigenvalue weighted by Gasteiger charge is 2.17. The Hall–Kier alpha value is -2.04. The fourth-order valence-electron chi connectivity index (χ4n) is 2.47. The molecule has 1 fully saturated rings. The molecule has 23 heavy (non-hydrogen) atoms. The van der Waals surface area contributed by atoms with Crippen molar-refractivity contribution in [1.82, 2.24) is 0 Å². The Morgan fingerprint density at radius 1 is 1.26 bits per heavy atom. The second kappa shape index (κ2) is 7.49. The fraction of sp³-hybridized carbons (Fsp3) is 0.278. The third-order valence-corrected chi connectivity index (χ3v) is 3.91. The Kier molecular flexibility index (Phi) is 5.16. The Morgan fingerprint density at radius 2 is 2.09 bits per heavy atom. The van der Waals surface area contributed by atoms with Crippen LogP contribution >= 0.6 is 11.6 Å². The van der Waals surface area contributed by atoms with Crippen molar-refractivity contribution in [3.05, 3.63) is 59.1 Å². The van der Waals surface area contributed by atoms with Gasteiger partial charge in [-0.1, -0.05) is 29.8 Å². The summed E-state index contributed by atoms with van der Waals surface area (Å²) in [7, 11) is 0. The monoisotopic (exact) mass is 331 g/mol. The number of rotatable bonds is 5. The maximum absolute atomic E-state index is 12.3. The quantitative estimate of drug-likeness (QED) is 0.895. The van der Waals surface area contributed by atoms with Crippen LogP contribution in [0.15, 0.2) is 48.5 Å². The van der Waals surface area contributed by atoms with Crippen LogP contribution in [-0.2, 0) is 4.74 Å². The van der Waals surface area contributed by atoms with E-state index in [9.17, 15) is 4.79 Å². The van der Waals surface area contributed by atoms with E-state index in [1.54, 1.807) is 30.3 Å². The Labute approximate surface area is 140 Å². The molecule has 0 aromatic heterocycles. The van der Waals surface area contributed by atoms with Crippen LogP contribution in [0, 0.1) is 0 Å². The minimum atomic E-state index is -0.199. The molecule has 5 heteroatoms. The number of benzene rings is 2. The fourth-order valence-corrected chi connectivity index (χ4v) is 2.64. The van der Waals surface area contributed by atoms with Gasteiger partial charge in [-0.15, -0.1) is 0 Å². The molecule has 1 saturated heterocycles. The van der Waals surface area contributed by atoms with Crippen molar-refractivity contribution in [3.8, 4) is 5.75 Å². The molecule has 1 amide bonds.